The Morgan fingerprint density at radius 2 is 0.865 bits per heavy atom. The quantitative estimate of drug-likeness (QED) is 0.282. The lowest BCUT2D eigenvalue weighted by Gasteiger charge is -2.24. The first-order valence-electron chi connectivity index (χ1n) is 15.7. The van der Waals surface area contributed by atoms with Crippen LogP contribution in [0.4, 0.5) is 0 Å². The number of hydrogen-bond acceptors (Lipinski definition) is 2. The molecular weight excluding hydrogens is 452 g/mol. The van der Waals surface area contributed by atoms with Crippen molar-refractivity contribution in [2.75, 3.05) is 0 Å². The molecule has 204 valence electrons. The van der Waals surface area contributed by atoms with E-state index in [0.29, 0.717) is 23.3 Å². The first-order valence-corrected chi connectivity index (χ1v) is 15.7. The molecule has 0 spiro atoms. The highest BCUT2D eigenvalue weighted by Gasteiger charge is 2.21. The molecule has 0 bridgehead atoms. The summed E-state index contributed by atoms with van der Waals surface area (Å²) < 4.78 is 0. The fourth-order valence-corrected chi connectivity index (χ4v) is 7.05. The maximum Gasteiger partial charge on any atom is 0.121 e. The van der Waals surface area contributed by atoms with E-state index in [2.05, 4.69) is 38.1 Å². The van der Waals surface area contributed by atoms with Crippen molar-refractivity contribution in [2.45, 2.75) is 148 Å². The lowest BCUT2D eigenvalue weighted by atomic mass is 9.82. The Morgan fingerprint density at radius 3 is 1.24 bits per heavy atom. The van der Waals surface area contributed by atoms with Crippen LogP contribution in [0.15, 0.2) is 24.3 Å². The number of phenols is 2. The first kappa shape index (κ1) is 28.1. The molecule has 0 aromatic heterocycles. The highest BCUT2D eigenvalue weighted by Crippen LogP contribution is 2.40. The Balaban J connectivity index is 1.13. The van der Waals surface area contributed by atoms with E-state index in [9.17, 15) is 10.2 Å². The van der Waals surface area contributed by atoms with Gasteiger partial charge in [-0.25, -0.2) is 0 Å². The molecule has 0 saturated heterocycles. The molecule has 0 atom stereocenters. The summed E-state index contributed by atoms with van der Waals surface area (Å²) in [6, 6.07) is 9.07. The van der Waals surface area contributed by atoms with E-state index in [1.807, 2.05) is 0 Å². The number of unbranched alkanes of at least 4 members (excludes halogenated alkanes) is 6. The predicted molar refractivity (Wildman–Crippen MR) is 157 cm³/mol. The fourth-order valence-electron chi connectivity index (χ4n) is 7.05. The van der Waals surface area contributed by atoms with Crippen molar-refractivity contribution < 1.29 is 10.2 Å². The third-order valence-electron chi connectivity index (χ3n) is 9.30. The van der Waals surface area contributed by atoms with Crippen molar-refractivity contribution in [1.29, 1.82) is 0 Å². The van der Waals surface area contributed by atoms with Crippen molar-refractivity contribution in [2.24, 2.45) is 0 Å². The van der Waals surface area contributed by atoms with Crippen LogP contribution >= 0.6 is 0 Å². The van der Waals surface area contributed by atoms with Gasteiger partial charge in [0.15, 0.2) is 0 Å². The van der Waals surface area contributed by atoms with Gasteiger partial charge < -0.3 is 10.2 Å². The summed E-state index contributed by atoms with van der Waals surface area (Å²) in [7, 11) is 0. The standard InChI is InChI=1S/C35H52O2/c1-26-22-28(24-32(34(26)36)30-18-12-8-13-19-30)16-10-6-4-3-5-7-11-17-29-23-27(2)35(37)33(25-29)31-20-14-9-15-21-31/h22-25,30-31,36-37H,3-21H2,1-2H3. The number of aryl methyl sites for hydroxylation is 4. The molecule has 0 aliphatic heterocycles. The zero-order valence-corrected chi connectivity index (χ0v) is 23.8. The smallest absolute Gasteiger partial charge is 0.121 e. The van der Waals surface area contributed by atoms with Crippen LogP contribution in [-0.4, -0.2) is 10.2 Å². The van der Waals surface area contributed by atoms with Gasteiger partial charge in [0.05, 0.1) is 0 Å². The largest absolute Gasteiger partial charge is 0.507 e. The minimum Gasteiger partial charge on any atom is -0.507 e. The molecule has 2 heteroatoms. The van der Waals surface area contributed by atoms with E-state index in [4.69, 9.17) is 0 Å². The summed E-state index contributed by atoms with van der Waals surface area (Å²) in [4.78, 5) is 0. The highest BCUT2D eigenvalue weighted by molar-refractivity contribution is 5.46. The fraction of sp³-hybridized carbons (Fsp3) is 0.657. The summed E-state index contributed by atoms with van der Waals surface area (Å²) in [5.41, 5.74) is 7.43. The summed E-state index contributed by atoms with van der Waals surface area (Å²) in [5, 5.41) is 21.3. The van der Waals surface area contributed by atoms with Crippen LogP contribution in [0.3, 0.4) is 0 Å². The summed E-state index contributed by atoms with van der Waals surface area (Å²) in [6.07, 6.45) is 24.3. The van der Waals surface area contributed by atoms with Crippen molar-refractivity contribution in [3.63, 3.8) is 0 Å². The second-order valence-corrected chi connectivity index (χ2v) is 12.3. The summed E-state index contributed by atoms with van der Waals surface area (Å²) >= 11 is 0. The summed E-state index contributed by atoms with van der Waals surface area (Å²) in [6.45, 7) is 4.14. The molecular formula is C35H52O2. The van der Waals surface area contributed by atoms with Gasteiger partial charge in [0.2, 0.25) is 0 Å². The topological polar surface area (TPSA) is 40.5 Å². The molecule has 37 heavy (non-hydrogen) atoms. The molecule has 2 N–H and O–H groups in total. The van der Waals surface area contributed by atoms with Crippen LogP contribution in [0.1, 0.15) is 154 Å². The zero-order valence-electron chi connectivity index (χ0n) is 23.8. The lowest BCUT2D eigenvalue weighted by molar-refractivity contribution is 0.412. The van der Waals surface area contributed by atoms with Gasteiger partial charge in [-0.3, -0.25) is 0 Å². The van der Waals surface area contributed by atoms with Gasteiger partial charge in [-0.2, -0.15) is 0 Å². The Labute approximate surface area is 226 Å². The lowest BCUT2D eigenvalue weighted by Crippen LogP contribution is -2.06. The number of hydrogen-bond donors (Lipinski definition) is 2. The molecule has 2 fully saturated rings. The van der Waals surface area contributed by atoms with Gasteiger partial charge in [0, 0.05) is 0 Å². The molecule has 2 aliphatic carbocycles. The first-order chi connectivity index (χ1) is 18.0. The van der Waals surface area contributed by atoms with E-state index in [-0.39, 0.29) is 0 Å². The van der Waals surface area contributed by atoms with Gasteiger partial charge in [0.1, 0.15) is 11.5 Å². The monoisotopic (exact) mass is 504 g/mol. The van der Waals surface area contributed by atoms with Crippen LogP contribution in [0.25, 0.3) is 0 Å². The molecule has 2 aromatic rings. The van der Waals surface area contributed by atoms with Gasteiger partial charge in [-0.1, -0.05) is 94.9 Å². The van der Waals surface area contributed by atoms with E-state index < -0.39 is 0 Å². The number of phenolic OH excluding ortho intramolecular Hbond substituents is 2. The van der Waals surface area contributed by atoms with Gasteiger partial charge in [-0.15, -0.1) is 0 Å². The molecule has 0 heterocycles. The van der Waals surface area contributed by atoms with Gasteiger partial charge in [0.25, 0.3) is 0 Å². The van der Waals surface area contributed by atoms with E-state index in [0.717, 1.165) is 24.0 Å². The van der Waals surface area contributed by atoms with Crippen molar-refractivity contribution in [3.8, 4) is 11.5 Å². The SMILES string of the molecule is Cc1cc(CCCCCCCCCc2cc(C)c(O)c(C3CCCCC3)c2)cc(C2CCCCC2)c1O. The molecule has 2 nitrogen and oxygen atoms in total. The third-order valence-corrected chi connectivity index (χ3v) is 9.30. The molecule has 2 saturated carbocycles. The van der Waals surface area contributed by atoms with Crippen molar-refractivity contribution in [1.82, 2.24) is 0 Å². The average Bonchev–Trinajstić information content (AvgIpc) is 2.92. The van der Waals surface area contributed by atoms with Crippen LogP contribution in [0, 0.1) is 13.8 Å². The molecule has 4 rings (SSSR count). The average molecular weight is 505 g/mol. The predicted octanol–water partition coefficient (Wildman–Crippen LogP) is 10.3. The second kappa shape index (κ2) is 14.3. The van der Waals surface area contributed by atoms with Gasteiger partial charge in [-0.05, 0) is 110 Å². The number of aromatic hydroxyl groups is 2. The van der Waals surface area contributed by atoms with Gasteiger partial charge >= 0.3 is 0 Å². The Kier molecular flexibility index (Phi) is 10.8. The molecule has 0 unspecified atom stereocenters. The third kappa shape index (κ3) is 8.01. The normalized spacial score (nSPS) is 17.4. The maximum atomic E-state index is 10.6. The Bertz CT molecular complexity index is 900. The molecule has 0 amide bonds. The molecule has 2 aliphatic rings. The Hall–Kier alpha value is -1.96. The van der Waals surface area contributed by atoms with E-state index in [1.54, 1.807) is 0 Å². The zero-order chi connectivity index (χ0) is 26.0. The molecule has 0 radical (unpaired) electrons. The van der Waals surface area contributed by atoms with Crippen LogP contribution < -0.4 is 0 Å². The minimum absolute atomic E-state index is 0.559. The second-order valence-electron chi connectivity index (χ2n) is 12.3. The van der Waals surface area contributed by atoms with Crippen molar-refractivity contribution in [3.05, 3.63) is 57.6 Å². The number of rotatable bonds is 12. The van der Waals surface area contributed by atoms with Crippen LogP contribution in [0.5, 0.6) is 11.5 Å². The van der Waals surface area contributed by atoms with Crippen LogP contribution in [0.2, 0.25) is 0 Å². The van der Waals surface area contributed by atoms with Crippen molar-refractivity contribution >= 4 is 0 Å². The number of benzene rings is 2. The van der Waals surface area contributed by atoms with E-state index in [1.165, 1.54) is 131 Å². The highest BCUT2D eigenvalue weighted by atomic mass is 16.3. The summed E-state index contributed by atoms with van der Waals surface area (Å²) in [5.74, 6) is 2.25. The Morgan fingerprint density at radius 1 is 0.514 bits per heavy atom. The minimum atomic E-state index is 0.559. The van der Waals surface area contributed by atoms with E-state index >= 15 is 0 Å². The molecule has 2 aromatic carbocycles. The maximum absolute atomic E-state index is 10.6. The van der Waals surface area contributed by atoms with Crippen LogP contribution in [-0.2, 0) is 12.8 Å².